The second-order valence-electron chi connectivity index (χ2n) is 12.4. The summed E-state index contributed by atoms with van der Waals surface area (Å²) < 4.78 is 47.1. The van der Waals surface area contributed by atoms with E-state index in [9.17, 15) is 8.42 Å². The van der Waals surface area contributed by atoms with Crippen molar-refractivity contribution in [3.63, 3.8) is 0 Å². The average molecular weight is 558 g/mol. The van der Waals surface area contributed by atoms with Gasteiger partial charge in [-0.2, -0.15) is 0 Å². The van der Waals surface area contributed by atoms with Crippen LogP contribution in [0.2, 0.25) is 18.1 Å². The molecule has 2 aliphatic rings. The van der Waals surface area contributed by atoms with Crippen LogP contribution in [-0.4, -0.2) is 47.4 Å². The molecule has 1 aliphatic carbocycles. The minimum Gasteiger partial charge on any atom is -0.413 e. The van der Waals surface area contributed by atoms with Gasteiger partial charge in [-0.05, 0) is 56.1 Å². The molecule has 1 heterocycles. The molecule has 4 rings (SSSR count). The minimum atomic E-state index is -3.81. The van der Waals surface area contributed by atoms with Gasteiger partial charge >= 0.3 is 0 Å². The molecule has 0 unspecified atom stereocenters. The SMILES string of the molecule is CC1(C)OC[C@H]([C@H](NCc2ccccc2)/C(=C\[C@H]2C[C@H]2O[Si](C)(C)C(C)(C)C)S(=O)(=O)c2ccccc2)O1. The quantitative estimate of drug-likeness (QED) is 0.358. The first-order valence-electron chi connectivity index (χ1n) is 13.5. The third kappa shape index (κ3) is 6.84. The van der Waals surface area contributed by atoms with E-state index in [2.05, 4.69) is 39.2 Å². The van der Waals surface area contributed by atoms with Gasteiger partial charge in [0.15, 0.2) is 14.1 Å². The molecular formula is C30H43NO5SSi. The Kier molecular flexibility index (Phi) is 8.43. The van der Waals surface area contributed by atoms with E-state index in [4.69, 9.17) is 13.9 Å². The van der Waals surface area contributed by atoms with Gasteiger partial charge in [0, 0.05) is 12.5 Å². The summed E-state index contributed by atoms with van der Waals surface area (Å²) in [4.78, 5) is 0.607. The molecule has 1 N–H and O–H groups in total. The second kappa shape index (κ2) is 11.0. The van der Waals surface area contributed by atoms with E-state index >= 15 is 0 Å². The zero-order valence-corrected chi connectivity index (χ0v) is 25.5. The van der Waals surface area contributed by atoms with Gasteiger partial charge in [0.25, 0.3) is 0 Å². The van der Waals surface area contributed by atoms with Crippen molar-refractivity contribution in [2.24, 2.45) is 5.92 Å². The number of nitrogens with one attached hydrogen (secondary N) is 1. The summed E-state index contributed by atoms with van der Waals surface area (Å²) in [6, 6.07) is 18.1. The lowest BCUT2D eigenvalue weighted by molar-refractivity contribution is -0.140. The van der Waals surface area contributed by atoms with E-state index < -0.39 is 36.1 Å². The summed E-state index contributed by atoms with van der Waals surface area (Å²) in [5.74, 6) is -0.749. The van der Waals surface area contributed by atoms with Crippen LogP contribution in [0.4, 0.5) is 0 Å². The Morgan fingerprint density at radius 2 is 1.71 bits per heavy atom. The van der Waals surface area contributed by atoms with Gasteiger partial charge in [0.1, 0.15) is 6.10 Å². The minimum absolute atomic E-state index is 0.0313. The highest BCUT2D eigenvalue weighted by atomic mass is 32.2. The summed E-state index contributed by atoms with van der Waals surface area (Å²) in [6.07, 6.45) is 2.32. The van der Waals surface area contributed by atoms with Crippen molar-refractivity contribution >= 4 is 18.2 Å². The second-order valence-corrected chi connectivity index (χ2v) is 19.1. The Morgan fingerprint density at radius 3 is 2.26 bits per heavy atom. The molecule has 1 saturated heterocycles. The summed E-state index contributed by atoms with van der Waals surface area (Å²) >= 11 is 0. The first kappa shape index (κ1) is 29.2. The molecule has 1 saturated carbocycles. The molecule has 38 heavy (non-hydrogen) atoms. The average Bonchev–Trinajstić information content (AvgIpc) is 3.47. The number of rotatable bonds is 10. The maximum absolute atomic E-state index is 14.2. The predicted octanol–water partition coefficient (Wildman–Crippen LogP) is 6.06. The number of hydrogen-bond donors (Lipinski definition) is 1. The lowest BCUT2D eigenvalue weighted by Gasteiger charge is -2.36. The molecular weight excluding hydrogens is 514 g/mol. The van der Waals surface area contributed by atoms with Crippen molar-refractivity contribution in [1.82, 2.24) is 5.32 Å². The molecule has 0 bridgehead atoms. The van der Waals surface area contributed by atoms with E-state index in [-0.39, 0.29) is 22.0 Å². The van der Waals surface area contributed by atoms with E-state index in [0.29, 0.717) is 18.1 Å². The lowest BCUT2D eigenvalue weighted by Crippen LogP contribution is -2.45. The highest BCUT2D eigenvalue weighted by Gasteiger charge is 2.48. The maximum Gasteiger partial charge on any atom is 0.204 e. The monoisotopic (exact) mass is 557 g/mol. The number of hydrogen-bond acceptors (Lipinski definition) is 6. The highest BCUT2D eigenvalue weighted by Crippen LogP contribution is 2.45. The highest BCUT2D eigenvalue weighted by molar-refractivity contribution is 7.95. The Bertz CT molecular complexity index is 1220. The molecule has 2 aromatic rings. The van der Waals surface area contributed by atoms with Crippen LogP contribution in [0.15, 0.2) is 76.5 Å². The maximum atomic E-state index is 14.2. The number of sulfone groups is 1. The van der Waals surface area contributed by atoms with Gasteiger partial charge < -0.3 is 19.2 Å². The molecule has 1 aliphatic heterocycles. The molecule has 0 radical (unpaired) electrons. The molecule has 6 nitrogen and oxygen atoms in total. The molecule has 2 fully saturated rings. The molecule has 0 amide bonds. The zero-order chi connectivity index (χ0) is 27.8. The topological polar surface area (TPSA) is 73.9 Å². The van der Waals surface area contributed by atoms with E-state index in [1.54, 1.807) is 24.3 Å². The third-order valence-corrected chi connectivity index (χ3v) is 14.3. The molecule has 4 atom stereocenters. The Balaban J connectivity index is 1.70. The Labute approximate surface area is 229 Å². The summed E-state index contributed by atoms with van der Waals surface area (Å²) in [5.41, 5.74) is 1.07. The van der Waals surface area contributed by atoms with E-state index in [0.717, 1.165) is 12.0 Å². The van der Waals surface area contributed by atoms with Crippen LogP contribution in [0.25, 0.3) is 0 Å². The van der Waals surface area contributed by atoms with Crippen LogP contribution in [0.1, 0.15) is 46.6 Å². The predicted molar refractivity (Wildman–Crippen MR) is 154 cm³/mol. The van der Waals surface area contributed by atoms with Crippen LogP contribution in [-0.2, 0) is 30.3 Å². The first-order chi connectivity index (χ1) is 17.7. The Morgan fingerprint density at radius 1 is 1.11 bits per heavy atom. The summed E-state index contributed by atoms with van der Waals surface area (Å²) in [5, 5.41) is 3.61. The fourth-order valence-corrected chi connectivity index (χ4v) is 7.57. The van der Waals surface area contributed by atoms with Crippen molar-refractivity contribution in [2.45, 2.75) is 94.6 Å². The summed E-state index contributed by atoms with van der Waals surface area (Å²) in [6.45, 7) is 15.7. The van der Waals surface area contributed by atoms with Crippen LogP contribution < -0.4 is 5.32 Å². The van der Waals surface area contributed by atoms with Gasteiger partial charge in [0.2, 0.25) is 9.84 Å². The van der Waals surface area contributed by atoms with Crippen LogP contribution in [0, 0.1) is 5.92 Å². The lowest BCUT2D eigenvalue weighted by atomic mass is 10.1. The van der Waals surface area contributed by atoms with Crippen molar-refractivity contribution in [3.8, 4) is 0 Å². The summed E-state index contributed by atoms with van der Waals surface area (Å²) in [7, 11) is -5.79. The van der Waals surface area contributed by atoms with Gasteiger partial charge in [-0.1, -0.05) is 75.4 Å². The van der Waals surface area contributed by atoms with Crippen molar-refractivity contribution < 1.29 is 22.3 Å². The van der Waals surface area contributed by atoms with Gasteiger partial charge in [0.05, 0.1) is 28.6 Å². The number of ether oxygens (including phenoxy) is 2. The van der Waals surface area contributed by atoms with Crippen molar-refractivity contribution in [3.05, 3.63) is 77.2 Å². The standard InChI is InChI=1S/C30H43NO5SSi/c1-29(2,3)38(6,7)36-25-18-23(25)19-27(37(32,33)24-16-12-9-13-17-24)28(26-21-34-30(4,5)35-26)31-20-22-14-10-8-11-15-22/h8-17,19,23,25-26,28,31H,18,20-21H2,1-7H3/b27-19+/t23-,25-,26-,28+/m1/s1. The smallest absolute Gasteiger partial charge is 0.204 e. The molecule has 2 aromatic carbocycles. The molecule has 0 aromatic heterocycles. The van der Waals surface area contributed by atoms with E-state index in [1.165, 1.54) is 0 Å². The largest absolute Gasteiger partial charge is 0.413 e. The molecule has 208 valence electrons. The molecule has 0 spiro atoms. The zero-order valence-electron chi connectivity index (χ0n) is 23.7. The number of benzene rings is 2. The first-order valence-corrected chi connectivity index (χ1v) is 17.9. The normalized spacial score (nSPS) is 24.8. The van der Waals surface area contributed by atoms with Gasteiger partial charge in [-0.15, -0.1) is 0 Å². The Hall–Kier alpha value is -1.81. The van der Waals surface area contributed by atoms with Crippen molar-refractivity contribution in [1.29, 1.82) is 0 Å². The molecule has 8 heteroatoms. The van der Waals surface area contributed by atoms with Crippen LogP contribution >= 0.6 is 0 Å². The van der Waals surface area contributed by atoms with Gasteiger partial charge in [-0.3, -0.25) is 0 Å². The van der Waals surface area contributed by atoms with E-state index in [1.807, 2.05) is 56.3 Å². The fraction of sp³-hybridized carbons (Fsp3) is 0.533. The van der Waals surface area contributed by atoms with Crippen LogP contribution in [0.5, 0.6) is 0 Å². The van der Waals surface area contributed by atoms with Crippen molar-refractivity contribution in [2.75, 3.05) is 6.61 Å². The fourth-order valence-electron chi connectivity index (χ4n) is 4.48. The van der Waals surface area contributed by atoms with Gasteiger partial charge in [-0.25, -0.2) is 8.42 Å². The van der Waals surface area contributed by atoms with Crippen LogP contribution in [0.3, 0.4) is 0 Å². The third-order valence-electron chi connectivity index (χ3n) is 7.85.